The third kappa shape index (κ3) is 5.55. The van der Waals surface area contributed by atoms with E-state index in [0.717, 1.165) is 5.75 Å². The molecule has 0 aliphatic rings. The highest BCUT2D eigenvalue weighted by Crippen LogP contribution is 2.10. The SMILES string of the molecule is Cl.N=C([O-])CSCc1ccccc1. The molecule has 13 heavy (non-hydrogen) atoms. The summed E-state index contributed by atoms with van der Waals surface area (Å²) in [6.45, 7) is 0. The highest BCUT2D eigenvalue weighted by atomic mass is 35.5. The fourth-order valence-corrected chi connectivity index (χ4v) is 1.55. The van der Waals surface area contributed by atoms with Gasteiger partial charge in [-0.3, -0.25) is 0 Å². The molecule has 0 heterocycles. The average Bonchev–Trinajstić information content (AvgIpc) is 2.05. The summed E-state index contributed by atoms with van der Waals surface area (Å²) in [7, 11) is 0. The molecule has 0 saturated heterocycles. The van der Waals surface area contributed by atoms with Gasteiger partial charge in [0.15, 0.2) is 0 Å². The van der Waals surface area contributed by atoms with Crippen LogP contribution in [0.15, 0.2) is 30.3 Å². The molecule has 0 radical (unpaired) electrons. The summed E-state index contributed by atoms with van der Waals surface area (Å²) in [5, 5.41) is 17.0. The minimum atomic E-state index is -0.504. The summed E-state index contributed by atoms with van der Waals surface area (Å²) >= 11 is 1.48. The van der Waals surface area contributed by atoms with E-state index in [-0.39, 0.29) is 18.2 Å². The monoisotopic (exact) mass is 216 g/mol. The van der Waals surface area contributed by atoms with Gasteiger partial charge in [-0.15, -0.1) is 12.4 Å². The van der Waals surface area contributed by atoms with Gasteiger partial charge in [0.25, 0.3) is 0 Å². The molecular weight excluding hydrogens is 206 g/mol. The Hall–Kier alpha value is -0.670. The molecule has 0 unspecified atom stereocenters. The zero-order valence-electron chi connectivity index (χ0n) is 7.03. The Labute approximate surface area is 88.3 Å². The molecule has 1 aromatic carbocycles. The predicted molar refractivity (Wildman–Crippen MR) is 57.6 cm³/mol. The molecule has 0 atom stereocenters. The molecule has 0 bridgehead atoms. The maximum absolute atomic E-state index is 10.3. The second-order valence-electron chi connectivity index (χ2n) is 2.40. The van der Waals surface area contributed by atoms with E-state index in [1.807, 2.05) is 30.3 Å². The Morgan fingerprint density at radius 3 is 2.46 bits per heavy atom. The Bertz CT molecular complexity index is 253. The normalized spacial score (nSPS) is 8.92. The van der Waals surface area contributed by atoms with E-state index in [2.05, 4.69) is 0 Å². The van der Waals surface area contributed by atoms with Crippen molar-refractivity contribution in [2.24, 2.45) is 0 Å². The van der Waals surface area contributed by atoms with E-state index in [1.165, 1.54) is 17.3 Å². The molecule has 1 rings (SSSR count). The van der Waals surface area contributed by atoms with Gasteiger partial charge in [-0.25, -0.2) is 0 Å². The van der Waals surface area contributed by atoms with Crippen LogP contribution in [0.2, 0.25) is 0 Å². The quantitative estimate of drug-likeness (QED) is 0.615. The zero-order chi connectivity index (χ0) is 8.81. The summed E-state index contributed by atoms with van der Waals surface area (Å²) in [5.41, 5.74) is 1.20. The van der Waals surface area contributed by atoms with E-state index in [1.54, 1.807) is 0 Å². The third-order valence-electron chi connectivity index (χ3n) is 1.34. The largest absolute Gasteiger partial charge is 0.862 e. The topological polar surface area (TPSA) is 46.9 Å². The zero-order valence-corrected chi connectivity index (χ0v) is 8.66. The van der Waals surface area contributed by atoms with Crippen LogP contribution in [0.5, 0.6) is 0 Å². The standard InChI is InChI=1S/C9H11NOS.ClH/c10-9(11)7-12-6-8-4-2-1-3-5-8;/h1-5H,6-7H2,(H2,10,11);1H/p-1. The number of halogens is 1. The first-order valence-electron chi connectivity index (χ1n) is 3.65. The molecule has 0 aliphatic heterocycles. The first-order valence-corrected chi connectivity index (χ1v) is 4.80. The average molecular weight is 217 g/mol. The molecule has 2 nitrogen and oxygen atoms in total. The lowest BCUT2D eigenvalue weighted by molar-refractivity contribution is -0.216. The number of nitrogens with one attached hydrogen (secondary N) is 1. The second-order valence-corrected chi connectivity index (χ2v) is 3.39. The Balaban J connectivity index is 0.00000144. The highest BCUT2D eigenvalue weighted by molar-refractivity contribution is 7.99. The molecule has 0 saturated carbocycles. The van der Waals surface area contributed by atoms with Crippen LogP contribution in [0.25, 0.3) is 0 Å². The molecule has 0 fully saturated rings. The number of thioether (sulfide) groups is 1. The van der Waals surface area contributed by atoms with E-state index in [0.29, 0.717) is 0 Å². The van der Waals surface area contributed by atoms with Crippen LogP contribution in [-0.2, 0) is 5.75 Å². The molecule has 0 aliphatic carbocycles. The van der Waals surface area contributed by atoms with E-state index < -0.39 is 5.90 Å². The Morgan fingerprint density at radius 2 is 1.92 bits per heavy atom. The van der Waals surface area contributed by atoms with Crippen LogP contribution < -0.4 is 5.11 Å². The van der Waals surface area contributed by atoms with Crippen molar-refractivity contribution < 1.29 is 5.11 Å². The maximum Gasteiger partial charge on any atom is 0.0212 e. The fourth-order valence-electron chi connectivity index (χ4n) is 0.836. The second kappa shape index (κ2) is 6.80. The van der Waals surface area contributed by atoms with Crippen molar-refractivity contribution in [3.8, 4) is 0 Å². The third-order valence-corrected chi connectivity index (χ3v) is 2.35. The maximum atomic E-state index is 10.3. The first-order chi connectivity index (χ1) is 5.79. The smallest absolute Gasteiger partial charge is 0.0212 e. The summed E-state index contributed by atoms with van der Waals surface area (Å²) in [6.07, 6.45) is 0. The van der Waals surface area contributed by atoms with Crippen LogP contribution in [0.4, 0.5) is 0 Å². The van der Waals surface area contributed by atoms with Crippen molar-refractivity contribution in [3.63, 3.8) is 0 Å². The predicted octanol–water partition coefficient (Wildman–Crippen LogP) is 1.68. The summed E-state index contributed by atoms with van der Waals surface area (Å²) in [6, 6.07) is 9.93. The van der Waals surface area contributed by atoms with Crippen molar-refractivity contribution in [1.82, 2.24) is 0 Å². The van der Waals surface area contributed by atoms with E-state index in [9.17, 15) is 5.11 Å². The summed E-state index contributed by atoms with van der Waals surface area (Å²) in [5.74, 6) is 0.594. The Morgan fingerprint density at radius 1 is 1.31 bits per heavy atom. The molecule has 1 aromatic rings. The number of hydrogen-bond acceptors (Lipinski definition) is 3. The van der Waals surface area contributed by atoms with Gasteiger partial charge >= 0.3 is 0 Å². The van der Waals surface area contributed by atoms with Gasteiger partial charge in [-0.05, 0) is 11.5 Å². The van der Waals surface area contributed by atoms with Gasteiger partial charge in [-0.2, -0.15) is 11.8 Å². The molecule has 4 heteroatoms. The van der Waals surface area contributed by atoms with Crippen molar-refractivity contribution in [1.29, 1.82) is 5.41 Å². The molecule has 72 valence electrons. The lowest BCUT2D eigenvalue weighted by Crippen LogP contribution is -2.17. The lowest BCUT2D eigenvalue weighted by atomic mass is 10.2. The molecule has 0 aromatic heterocycles. The van der Waals surface area contributed by atoms with Crippen LogP contribution in [0, 0.1) is 5.41 Å². The van der Waals surface area contributed by atoms with Crippen molar-refractivity contribution in [3.05, 3.63) is 35.9 Å². The highest BCUT2D eigenvalue weighted by Gasteiger charge is 1.90. The van der Waals surface area contributed by atoms with Crippen molar-refractivity contribution >= 4 is 30.1 Å². The van der Waals surface area contributed by atoms with Gasteiger partial charge < -0.3 is 10.5 Å². The summed E-state index contributed by atoms with van der Waals surface area (Å²) in [4.78, 5) is 0. The van der Waals surface area contributed by atoms with Crippen molar-refractivity contribution in [2.75, 3.05) is 5.75 Å². The van der Waals surface area contributed by atoms with Crippen LogP contribution in [0.1, 0.15) is 5.56 Å². The van der Waals surface area contributed by atoms with E-state index in [4.69, 9.17) is 5.41 Å². The molecule has 0 spiro atoms. The first kappa shape index (κ1) is 12.3. The van der Waals surface area contributed by atoms with Crippen LogP contribution in [-0.4, -0.2) is 11.7 Å². The van der Waals surface area contributed by atoms with E-state index >= 15 is 0 Å². The van der Waals surface area contributed by atoms with Crippen LogP contribution in [0.3, 0.4) is 0 Å². The summed E-state index contributed by atoms with van der Waals surface area (Å²) < 4.78 is 0. The van der Waals surface area contributed by atoms with Gasteiger partial charge in [0.1, 0.15) is 0 Å². The number of rotatable bonds is 4. The molecule has 1 N–H and O–H groups in total. The minimum absolute atomic E-state index is 0. The van der Waals surface area contributed by atoms with Gasteiger partial charge in [0, 0.05) is 11.5 Å². The van der Waals surface area contributed by atoms with Gasteiger partial charge in [0.05, 0.1) is 0 Å². The van der Waals surface area contributed by atoms with Gasteiger partial charge in [0.2, 0.25) is 0 Å². The number of benzene rings is 1. The minimum Gasteiger partial charge on any atom is -0.862 e. The molecular formula is C9H11ClNOS-. The van der Waals surface area contributed by atoms with Crippen molar-refractivity contribution in [2.45, 2.75) is 5.75 Å². The Kier molecular flexibility index (Phi) is 6.45. The van der Waals surface area contributed by atoms with Gasteiger partial charge in [-0.1, -0.05) is 30.3 Å². The number of hydrogen-bond donors (Lipinski definition) is 1. The fraction of sp³-hybridized carbons (Fsp3) is 0.222. The van der Waals surface area contributed by atoms with Crippen LogP contribution >= 0.6 is 24.2 Å². The molecule has 0 amide bonds. The lowest BCUT2D eigenvalue weighted by Gasteiger charge is -2.05.